The highest BCUT2D eigenvalue weighted by Gasteiger charge is 2.46. The third kappa shape index (κ3) is 1.46. The van der Waals surface area contributed by atoms with Crippen LogP contribution in [-0.2, 0) is 12.8 Å². The molecule has 1 aromatic carbocycles. The number of likely N-dealkylation sites (N-methyl/N-ethyl adjacent to an activating group) is 1. The predicted molar refractivity (Wildman–Crippen MR) is 60.5 cm³/mol. The molecule has 2 atom stereocenters. The Kier molecular flexibility index (Phi) is 2.60. The molecule has 1 nitrogen and oxygen atoms in total. The van der Waals surface area contributed by atoms with Gasteiger partial charge in [0, 0.05) is 12.1 Å². The van der Waals surface area contributed by atoms with Gasteiger partial charge in [0.1, 0.15) is 0 Å². The first kappa shape index (κ1) is 9.72. The molecule has 2 aliphatic rings. The van der Waals surface area contributed by atoms with Crippen molar-refractivity contribution in [1.82, 2.24) is 4.90 Å². The van der Waals surface area contributed by atoms with Crippen LogP contribution in [0.1, 0.15) is 25.0 Å². The summed E-state index contributed by atoms with van der Waals surface area (Å²) in [5, 5.41) is 0. The zero-order chi connectivity index (χ0) is 10.1. The molecule has 3 rings (SSSR count). The molecule has 1 heteroatoms. The monoisotopic (exact) mass is 189 g/mol. The molecule has 0 N–H and O–H groups in total. The molecule has 14 heavy (non-hydrogen) atoms. The summed E-state index contributed by atoms with van der Waals surface area (Å²) in [5.41, 5.74) is 3.14. The number of hydrogen-bond donors (Lipinski definition) is 0. The van der Waals surface area contributed by atoms with Gasteiger partial charge in [0.2, 0.25) is 0 Å². The first-order valence-electron chi connectivity index (χ1n) is 5.65. The quantitative estimate of drug-likeness (QED) is 0.567. The van der Waals surface area contributed by atoms with Crippen LogP contribution in [0.4, 0.5) is 0 Å². The Morgan fingerprint density at radius 2 is 1.43 bits per heavy atom. The molecular formula is C13H19N. The summed E-state index contributed by atoms with van der Waals surface area (Å²) in [4.78, 5) is 2.49. The minimum Gasteiger partial charge on any atom is -0.297 e. The second-order valence-electron chi connectivity index (χ2n) is 3.98. The molecule has 0 radical (unpaired) electrons. The van der Waals surface area contributed by atoms with E-state index in [1.54, 1.807) is 11.1 Å². The van der Waals surface area contributed by atoms with Crippen molar-refractivity contribution in [2.75, 3.05) is 7.05 Å². The molecule has 1 aliphatic heterocycles. The maximum absolute atomic E-state index is 2.49. The van der Waals surface area contributed by atoms with E-state index in [-0.39, 0.29) is 0 Å². The van der Waals surface area contributed by atoms with E-state index in [2.05, 4.69) is 36.2 Å². The van der Waals surface area contributed by atoms with Gasteiger partial charge in [-0.3, -0.25) is 4.90 Å². The van der Waals surface area contributed by atoms with Gasteiger partial charge in [-0.1, -0.05) is 38.1 Å². The van der Waals surface area contributed by atoms with Crippen molar-refractivity contribution >= 4 is 0 Å². The van der Waals surface area contributed by atoms with E-state index in [0.717, 1.165) is 12.1 Å². The second-order valence-corrected chi connectivity index (χ2v) is 3.98. The van der Waals surface area contributed by atoms with Crippen LogP contribution in [0.3, 0.4) is 0 Å². The Bertz CT molecular complexity index is 288. The zero-order valence-electron chi connectivity index (χ0n) is 9.33. The number of rotatable bonds is 0. The van der Waals surface area contributed by atoms with E-state index in [0.29, 0.717) is 0 Å². The Morgan fingerprint density at radius 1 is 1.00 bits per heavy atom. The number of nitrogens with zero attached hydrogens (tertiary/aromatic N) is 1. The third-order valence-electron chi connectivity index (χ3n) is 3.38. The van der Waals surface area contributed by atoms with E-state index in [1.807, 2.05) is 13.8 Å². The van der Waals surface area contributed by atoms with Crippen molar-refractivity contribution in [1.29, 1.82) is 0 Å². The van der Waals surface area contributed by atoms with Crippen LogP contribution in [0.25, 0.3) is 0 Å². The molecule has 1 fully saturated rings. The van der Waals surface area contributed by atoms with E-state index < -0.39 is 0 Å². The molecular weight excluding hydrogens is 170 g/mol. The number of benzene rings is 1. The molecule has 1 saturated heterocycles. The smallest absolute Gasteiger partial charge is 0.0295 e. The van der Waals surface area contributed by atoms with Crippen molar-refractivity contribution in [3.63, 3.8) is 0 Å². The average Bonchev–Trinajstić information content (AvgIpc) is 2.89. The molecule has 2 unspecified atom stereocenters. The van der Waals surface area contributed by atoms with Gasteiger partial charge in [0.15, 0.2) is 0 Å². The van der Waals surface area contributed by atoms with Gasteiger partial charge in [-0.2, -0.15) is 0 Å². The minimum absolute atomic E-state index is 0.861. The van der Waals surface area contributed by atoms with Gasteiger partial charge < -0.3 is 0 Å². The summed E-state index contributed by atoms with van der Waals surface area (Å²) >= 11 is 0. The maximum atomic E-state index is 2.49. The van der Waals surface area contributed by atoms with E-state index in [9.17, 15) is 0 Å². The number of hydrogen-bond acceptors (Lipinski definition) is 1. The van der Waals surface area contributed by atoms with Crippen LogP contribution in [0, 0.1) is 0 Å². The number of fused-ring (bicyclic) bond motifs is 2. The van der Waals surface area contributed by atoms with E-state index >= 15 is 0 Å². The first-order chi connectivity index (χ1) is 6.86. The fourth-order valence-corrected chi connectivity index (χ4v) is 2.44. The lowest BCUT2D eigenvalue weighted by molar-refractivity contribution is 0.586. The van der Waals surface area contributed by atoms with Crippen LogP contribution in [0.2, 0.25) is 0 Å². The molecule has 0 amide bonds. The molecule has 0 saturated carbocycles. The maximum Gasteiger partial charge on any atom is 0.0295 e. The minimum atomic E-state index is 0.861. The second kappa shape index (κ2) is 3.74. The molecule has 0 aromatic heterocycles. The van der Waals surface area contributed by atoms with Gasteiger partial charge in [-0.15, -0.1) is 0 Å². The summed E-state index contributed by atoms with van der Waals surface area (Å²) in [5.74, 6) is 0. The molecule has 0 bridgehead atoms. The Morgan fingerprint density at radius 3 is 1.86 bits per heavy atom. The summed E-state index contributed by atoms with van der Waals surface area (Å²) in [6.45, 7) is 4.00. The van der Waals surface area contributed by atoms with Gasteiger partial charge >= 0.3 is 0 Å². The predicted octanol–water partition coefficient (Wildman–Crippen LogP) is 2.49. The van der Waals surface area contributed by atoms with Crippen molar-refractivity contribution in [3.8, 4) is 0 Å². The Hall–Kier alpha value is -0.820. The average molecular weight is 189 g/mol. The van der Waals surface area contributed by atoms with Crippen LogP contribution < -0.4 is 0 Å². The van der Waals surface area contributed by atoms with Crippen molar-refractivity contribution < 1.29 is 0 Å². The van der Waals surface area contributed by atoms with Gasteiger partial charge in [-0.25, -0.2) is 0 Å². The lowest BCUT2D eigenvalue weighted by atomic mass is 9.92. The summed E-state index contributed by atoms with van der Waals surface area (Å²) in [6, 6.07) is 10.6. The summed E-state index contributed by atoms with van der Waals surface area (Å²) in [7, 11) is 2.24. The molecule has 1 heterocycles. The SMILES string of the molecule is CC.CN1C2Cc3ccccc3CC21. The fraction of sp³-hybridized carbons (Fsp3) is 0.538. The molecule has 0 spiro atoms. The first-order valence-corrected chi connectivity index (χ1v) is 5.65. The van der Waals surface area contributed by atoms with Crippen molar-refractivity contribution in [3.05, 3.63) is 35.4 Å². The topological polar surface area (TPSA) is 3.01 Å². The van der Waals surface area contributed by atoms with Gasteiger partial charge in [-0.05, 0) is 31.0 Å². The Balaban J connectivity index is 0.000000354. The summed E-state index contributed by atoms with van der Waals surface area (Å²) < 4.78 is 0. The Labute approximate surface area is 86.7 Å². The standard InChI is InChI=1S/C11H13N.C2H6/c1-12-10-6-8-4-2-3-5-9(8)7-11(10)12;1-2/h2-5,10-11H,6-7H2,1H3;1-2H3. The largest absolute Gasteiger partial charge is 0.297 e. The van der Waals surface area contributed by atoms with Crippen LogP contribution in [0.5, 0.6) is 0 Å². The molecule has 76 valence electrons. The zero-order valence-corrected chi connectivity index (χ0v) is 9.33. The fourth-order valence-electron chi connectivity index (χ4n) is 2.44. The van der Waals surface area contributed by atoms with E-state index in [4.69, 9.17) is 0 Å². The van der Waals surface area contributed by atoms with E-state index in [1.165, 1.54) is 12.8 Å². The van der Waals surface area contributed by atoms with Crippen LogP contribution in [0.15, 0.2) is 24.3 Å². The van der Waals surface area contributed by atoms with Crippen molar-refractivity contribution in [2.45, 2.75) is 38.8 Å². The van der Waals surface area contributed by atoms with Crippen LogP contribution in [-0.4, -0.2) is 24.0 Å². The lowest BCUT2D eigenvalue weighted by Gasteiger charge is -2.11. The van der Waals surface area contributed by atoms with Crippen LogP contribution >= 0.6 is 0 Å². The summed E-state index contributed by atoms with van der Waals surface area (Å²) in [6.07, 6.45) is 2.55. The van der Waals surface area contributed by atoms with Gasteiger partial charge in [0.25, 0.3) is 0 Å². The lowest BCUT2D eigenvalue weighted by Crippen LogP contribution is -2.11. The van der Waals surface area contributed by atoms with Crippen molar-refractivity contribution in [2.24, 2.45) is 0 Å². The molecule has 1 aromatic rings. The normalized spacial score (nSPS) is 32.1. The third-order valence-corrected chi connectivity index (χ3v) is 3.38. The highest BCUT2D eigenvalue weighted by atomic mass is 15.3. The molecule has 1 aliphatic carbocycles. The highest BCUT2D eigenvalue weighted by Crippen LogP contribution is 2.37. The highest BCUT2D eigenvalue weighted by molar-refractivity contribution is 5.35. The van der Waals surface area contributed by atoms with Gasteiger partial charge in [0.05, 0.1) is 0 Å².